The van der Waals surface area contributed by atoms with Crippen LogP contribution in [0.15, 0.2) is 0 Å². The predicted octanol–water partition coefficient (Wildman–Crippen LogP) is 7.58. The number of rotatable bonds is 3. The van der Waals surface area contributed by atoms with Gasteiger partial charge in [0.1, 0.15) is 0 Å². The fourth-order valence-electron chi connectivity index (χ4n) is 10.2. The third-order valence-electron chi connectivity index (χ3n) is 11.2. The van der Waals surface area contributed by atoms with Crippen molar-refractivity contribution in [3.05, 3.63) is 0 Å². The summed E-state index contributed by atoms with van der Waals surface area (Å²) in [6.07, 6.45) is 29.6. The third-order valence-corrected chi connectivity index (χ3v) is 11.2. The van der Waals surface area contributed by atoms with Crippen LogP contribution in [-0.2, 0) is 0 Å². The van der Waals surface area contributed by atoms with E-state index >= 15 is 0 Å². The summed E-state index contributed by atoms with van der Waals surface area (Å²) in [6, 6.07) is 2.89. The van der Waals surface area contributed by atoms with E-state index in [2.05, 4.69) is 4.90 Å². The molecule has 0 bridgehead atoms. The molecule has 0 radical (unpaired) electrons. The smallest absolute Gasteiger partial charge is 0.0132 e. The van der Waals surface area contributed by atoms with E-state index in [1.165, 1.54) is 64.2 Å². The van der Waals surface area contributed by atoms with Gasteiger partial charge in [-0.25, -0.2) is 0 Å². The third kappa shape index (κ3) is 3.54. The number of hydrogen-bond donors (Lipinski definition) is 0. The van der Waals surface area contributed by atoms with E-state index in [9.17, 15) is 0 Å². The molecular formula is C28H47N. The van der Waals surface area contributed by atoms with E-state index in [4.69, 9.17) is 0 Å². The van der Waals surface area contributed by atoms with Crippen LogP contribution in [-0.4, -0.2) is 23.0 Å². The van der Waals surface area contributed by atoms with Gasteiger partial charge in [-0.15, -0.1) is 0 Å². The molecule has 0 aromatic carbocycles. The van der Waals surface area contributed by atoms with Crippen LogP contribution in [0.5, 0.6) is 0 Å². The van der Waals surface area contributed by atoms with Crippen LogP contribution in [0.3, 0.4) is 0 Å². The van der Waals surface area contributed by atoms with Crippen molar-refractivity contribution in [3.8, 4) is 0 Å². The Labute approximate surface area is 180 Å². The molecule has 6 saturated carbocycles. The van der Waals surface area contributed by atoms with Gasteiger partial charge < -0.3 is 0 Å². The molecule has 0 aliphatic heterocycles. The fourth-order valence-corrected chi connectivity index (χ4v) is 10.2. The first-order chi connectivity index (χ1) is 14.4. The summed E-state index contributed by atoms with van der Waals surface area (Å²) in [5.74, 6) is 6.77. The molecular weight excluding hydrogens is 350 g/mol. The molecule has 0 spiro atoms. The van der Waals surface area contributed by atoms with E-state index in [0.29, 0.717) is 0 Å². The Hall–Kier alpha value is -0.0400. The summed E-state index contributed by atoms with van der Waals surface area (Å²) in [5.41, 5.74) is 0. The van der Waals surface area contributed by atoms with Crippen molar-refractivity contribution >= 4 is 0 Å². The van der Waals surface area contributed by atoms with Gasteiger partial charge in [0.25, 0.3) is 0 Å². The molecule has 6 aliphatic carbocycles. The highest BCUT2D eigenvalue weighted by Gasteiger charge is 2.55. The van der Waals surface area contributed by atoms with Gasteiger partial charge in [-0.05, 0) is 99.7 Å². The van der Waals surface area contributed by atoms with Crippen LogP contribution in [0.2, 0.25) is 0 Å². The summed E-state index contributed by atoms with van der Waals surface area (Å²) < 4.78 is 0. The van der Waals surface area contributed by atoms with Gasteiger partial charge in [-0.1, -0.05) is 57.8 Å². The molecule has 1 nitrogen and oxygen atoms in total. The summed E-state index contributed by atoms with van der Waals surface area (Å²) in [4.78, 5) is 3.28. The Morgan fingerprint density at radius 3 is 1.52 bits per heavy atom. The first kappa shape index (κ1) is 19.6. The monoisotopic (exact) mass is 397 g/mol. The largest absolute Gasteiger partial charge is 0.294 e. The predicted molar refractivity (Wildman–Crippen MR) is 122 cm³/mol. The lowest BCUT2D eigenvalue weighted by Gasteiger charge is -2.62. The maximum Gasteiger partial charge on any atom is 0.0132 e. The molecule has 7 atom stereocenters. The molecule has 1 heteroatoms. The molecule has 6 aliphatic rings. The molecule has 7 unspecified atom stereocenters. The van der Waals surface area contributed by atoms with Gasteiger partial charge in [0.05, 0.1) is 0 Å². The van der Waals surface area contributed by atoms with Gasteiger partial charge in [0.15, 0.2) is 0 Å². The minimum atomic E-state index is 0.955. The van der Waals surface area contributed by atoms with Crippen molar-refractivity contribution < 1.29 is 0 Å². The van der Waals surface area contributed by atoms with E-state index in [1.807, 2.05) is 0 Å². The molecule has 0 heterocycles. The van der Waals surface area contributed by atoms with Crippen LogP contribution < -0.4 is 0 Å². The maximum absolute atomic E-state index is 3.28. The minimum absolute atomic E-state index is 0.955. The standard InChI is InChI=1S/C28H47N/c1-3-10-23(11-4-1)29(24-12-5-2-6-13-24)26-19-17-22-15-14-20-8-7-9-21-16-18-25(26)28(22)27(20)21/h20-28H,1-19H2. The van der Waals surface area contributed by atoms with Crippen LogP contribution in [0.1, 0.15) is 122 Å². The molecule has 0 N–H and O–H groups in total. The summed E-state index contributed by atoms with van der Waals surface area (Å²) in [5, 5.41) is 0. The van der Waals surface area contributed by atoms with Crippen molar-refractivity contribution in [1.82, 2.24) is 4.90 Å². The van der Waals surface area contributed by atoms with Crippen LogP contribution in [0.4, 0.5) is 0 Å². The van der Waals surface area contributed by atoms with Crippen molar-refractivity contribution in [2.24, 2.45) is 35.5 Å². The second kappa shape index (κ2) is 8.48. The average Bonchev–Trinajstić information content (AvgIpc) is 2.80. The lowest BCUT2D eigenvalue weighted by atomic mass is 9.47. The SMILES string of the molecule is C1CCC(N(C2CCCCC2)C2CCC3CCC4CCCC5CCC2C3C45)CC1. The van der Waals surface area contributed by atoms with Gasteiger partial charge in [-0.2, -0.15) is 0 Å². The van der Waals surface area contributed by atoms with Crippen LogP contribution in [0, 0.1) is 35.5 Å². The van der Waals surface area contributed by atoms with E-state index in [1.54, 1.807) is 57.8 Å². The molecule has 164 valence electrons. The second-order valence-corrected chi connectivity index (χ2v) is 12.4. The Morgan fingerprint density at radius 1 is 0.379 bits per heavy atom. The van der Waals surface area contributed by atoms with Gasteiger partial charge in [0, 0.05) is 18.1 Å². The molecule has 0 saturated heterocycles. The van der Waals surface area contributed by atoms with Crippen molar-refractivity contribution in [2.75, 3.05) is 0 Å². The van der Waals surface area contributed by atoms with Gasteiger partial charge in [-0.3, -0.25) is 4.90 Å². The van der Waals surface area contributed by atoms with Crippen molar-refractivity contribution in [3.63, 3.8) is 0 Å². The van der Waals surface area contributed by atoms with Crippen LogP contribution in [0.25, 0.3) is 0 Å². The number of nitrogens with zero attached hydrogens (tertiary/aromatic N) is 1. The Balaban J connectivity index is 1.29. The van der Waals surface area contributed by atoms with E-state index in [0.717, 1.165) is 53.6 Å². The second-order valence-electron chi connectivity index (χ2n) is 12.4. The first-order valence-electron chi connectivity index (χ1n) is 14.2. The van der Waals surface area contributed by atoms with Crippen molar-refractivity contribution in [2.45, 2.75) is 140 Å². The van der Waals surface area contributed by atoms with Gasteiger partial charge >= 0.3 is 0 Å². The van der Waals surface area contributed by atoms with Gasteiger partial charge in [0.2, 0.25) is 0 Å². The molecule has 0 aromatic rings. The Kier molecular flexibility index (Phi) is 5.74. The lowest BCUT2D eigenvalue weighted by molar-refractivity contribution is -0.123. The molecule has 0 aromatic heterocycles. The minimum Gasteiger partial charge on any atom is -0.294 e. The zero-order valence-corrected chi connectivity index (χ0v) is 19.1. The first-order valence-corrected chi connectivity index (χ1v) is 14.2. The maximum atomic E-state index is 3.28. The summed E-state index contributed by atoms with van der Waals surface area (Å²) in [6.45, 7) is 0. The number of hydrogen-bond acceptors (Lipinski definition) is 1. The average molecular weight is 398 g/mol. The van der Waals surface area contributed by atoms with E-state index < -0.39 is 0 Å². The van der Waals surface area contributed by atoms with Crippen molar-refractivity contribution in [1.29, 1.82) is 0 Å². The molecule has 29 heavy (non-hydrogen) atoms. The van der Waals surface area contributed by atoms with E-state index in [-0.39, 0.29) is 0 Å². The molecule has 0 amide bonds. The lowest BCUT2D eigenvalue weighted by Crippen LogP contribution is -2.60. The Morgan fingerprint density at radius 2 is 0.897 bits per heavy atom. The quantitative estimate of drug-likeness (QED) is 0.474. The normalized spacial score (nSPS) is 46.4. The zero-order chi connectivity index (χ0) is 19.2. The summed E-state index contributed by atoms with van der Waals surface area (Å²) in [7, 11) is 0. The summed E-state index contributed by atoms with van der Waals surface area (Å²) >= 11 is 0. The zero-order valence-electron chi connectivity index (χ0n) is 19.1. The highest BCUT2D eigenvalue weighted by atomic mass is 15.2. The molecule has 6 rings (SSSR count). The Bertz CT molecular complexity index is 521. The topological polar surface area (TPSA) is 3.24 Å². The highest BCUT2D eigenvalue weighted by Crippen LogP contribution is 2.61. The van der Waals surface area contributed by atoms with Crippen LogP contribution >= 0.6 is 0 Å². The fraction of sp³-hybridized carbons (Fsp3) is 1.00. The highest BCUT2D eigenvalue weighted by molar-refractivity contribution is 5.06. The molecule has 6 fully saturated rings.